The van der Waals surface area contributed by atoms with Crippen molar-refractivity contribution in [2.24, 2.45) is 0 Å². The van der Waals surface area contributed by atoms with Gasteiger partial charge in [0.25, 0.3) is 0 Å². The van der Waals surface area contributed by atoms with Crippen LogP contribution in [-0.2, 0) is 4.79 Å². The molecule has 7 nitrogen and oxygen atoms in total. The second-order valence-corrected chi connectivity index (χ2v) is 9.41. The first-order valence-electron chi connectivity index (χ1n) is 9.90. The van der Waals surface area contributed by atoms with Crippen LogP contribution in [0.2, 0.25) is 5.02 Å². The number of anilines is 1. The molecule has 160 valence electrons. The van der Waals surface area contributed by atoms with Gasteiger partial charge in [-0.1, -0.05) is 55.3 Å². The van der Waals surface area contributed by atoms with Crippen LogP contribution < -0.4 is 5.32 Å². The van der Waals surface area contributed by atoms with E-state index in [1.165, 1.54) is 29.4 Å². The largest absolute Gasteiger partial charge is 0.301 e. The van der Waals surface area contributed by atoms with Crippen LogP contribution in [0.25, 0.3) is 16.7 Å². The van der Waals surface area contributed by atoms with Crippen LogP contribution in [0, 0.1) is 6.92 Å². The molecule has 1 atom stereocenters. The smallest absolute Gasteiger partial charge is 0.239 e. The highest BCUT2D eigenvalue weighted by Gasteiger charge is 2.23. The normalized spacial score (nSPS) is 12.2. The van der Waals surface area contributed by atoms with E-state index in [4.69, 9.17) is 11.6 Å². The summed E-state index contributed by atoms with van der Waals surface area (Å²) in [6.07, 6.45) is 5.90. The van der Waals surface area contributed by atoms with Gasteiger partial charge in [-0.3, -0.25) is 4.79 Å². The predicted molar refractivity (Wildman–Crippen MR) is 126 cm³/mol. The van der Waals surface area contributed by atoms with Crippen molar-refractivity contribution in [3.8, 4) is 5.69 Å². The Bertz CT molecular complexity index is 1210. The minimum atomic E-state index is -0.300. The molecule has 0 spiro atoms. The van der Waals surface area contributed by atoms with Crippen molar-refractivity contribution < 1.29 is 4.79 Å². The lowest BCUT2D eigenvalue weighted by Crippen LogP contribution is -2.25. The van der Waals surface area contributed by atoms with Crippen LogP contribution in [0.4, 0.5) is 5.13 Å². The number of aromatic nitrogens is 5. The summed E-state index contributed by atoms with van der Waals surface area (Å²) in [7, 11) is 0. The van der Waals surface area contributed by atoms with E-state index >= 15 is 0 Å². The highest BCUT2D eigenvalue weighted by molar-refractivity contribution is 8.00. The lowest BCUT2D eigenvalue weighted by Gasteiger charge is -2.15. The molecule has 0 radical (unpaired) electrons. The Labute approximate surface area is 193 Å². The number of fused-ring (bicyclic) bond motifs is 1. The number of aryl methyl sites for hydroxylation is 1. The summed E-state index contributed by atoms with van der Waals surface area (Å²) in [5, 5.41) is 11.7. The van der Waals surface area contributed by atoms with E-state index in [1.54, 1.807) is 10.9 Å². The maximum Gasteiger partial charge on any atom is 0.239 e. The van der Waals surface area contributed by atoms with Gasteiger partial charge in [0.2, 0.25) is 5.91 Å². The zero-order valence-electron chi connectivity index (χ0n) is 17.1. The van der Waals surface area contributed by atoms with Crippen molar-refractivity contribution in [3.05, 3.63) is 52.9 Å². The number of hydrogen-bond donors (Lipinski definition) is 1. The molecule has 0 saturated carbocycles. The topological polar surface area (TPSA) is 85.6 Å². The number of hydrogen-bond acceptors (Lipinski definition) is 7. The van der Waals surface area contributed by atoms with E-state index in [0.717, 1.165) is 41.1 Å². The van der Waals surface area contributed by atoms with Crippen molar-refractivity contribution in [2.45, 2.75) is 43.4 Å². The quantitative estimate of drug-likeness (QED) is 0.268. The summed E-state index contributed by atoms with van der Waals surface area (Å²) in [6.45, 7) is 4.02. The Morgan fingerprint density at radius 1 is 1.32 bits per heavy atom. The SMILES string of the molecule is CCCC[C@H](Sc1ncnc2c1cnn2-c1ccccc1Cl)C(=O)Nc1nc(C)cs1. The molecule has 0 bridgehead atoms. The lowest BCUT2D eigenvalue weighted by atomic mass is 10.2. The van der Waals surface area contributed by atoms with Crippen LogP contribution in [0.5, 0.6) is 0 Å². The Morgan fingerprint density at radius 2 is 2.16 bits per heavy atom. The van der Waals surface area contributed by atoms with Gasteiger partial charge in [-0.05, 0) is 25.5 Å². The number of carbonyl (C=O) groups excluding carboxylic acids is 1. The fourth-order valence-electron chi connectivity index (χ4n) is 3.08. The van der Waals surface area contributed by atoms with Gasteiger partial charge in [-0.15, -0.1) is 11.3 Å². The fraction of sp³-hybridized carbons (Fsp3) is 0.286. The van der Waals surface area contributed by atoms with Crippen LogP contribution >= 0.6 is 34.7 Å². The van der Waals surface area contributed by atoms with Gasteiger partial charge in [-0.2, -0.15) is 5.10 Å². The Balaban J connectivity index is 1.63. The molecule has 3 heterocycles. The standard InChI is InChI=1S/C21H21ClN6OS2/c1-3-4-9-17(19(29)27-21-26-13(2)11-30-21)31-20-14-10-25-28(18(14)23-12-24-20)16-8-6-5-7-15(16)22/h5-8,10-12,17H,3-4,9H2,1-2H3,(H,26,27,29)/t17-/m0/s1. The molecule has 0 aliphatic heterocycles. The number of thiazole rings is 1. The number of halogens is 1. The average molecular weight is 473 g/mol. The number of thioether (sulfide) groups is 1. The van der Waals surface area contributed by atoms with Crippen LogP contribution in [-0.4, -0.2) is 35.9 Å². The second kappa shape index (κ2) is 9.76. The maximum absolute atomic E-state index is 13.0. The maximum atomic E-state index is 13.0. The molecule has 1 aromatic carbocycles. The molecule has 1 amide bonds. The number of amides is 1. The summed E-state index contributed by atoms with van der Waals surface area (Å²) in [5.41, 5.74) is 2.28. The van der Waals surface area contributed by atoms with Crippen molar-refractivity contribution in [1.29, 1.82) is 0 Å². The third-order valence-corrected chi connectivity index (χ3v) is 7.10. The lowest BCUT2D eigenvalue weighted by molar-refractivity contribution is -0.115. The fourth-order valence-corrected chi connectivity index (χ4v) is 5.09. The number of benzene rings is 1. The summed E-state index contributed by atoms with van der Waals surface area (Å²) >= 11 is 9.21. The van der Waals surface area contributed by atoms with E-state index in [1.807, 2.05) is 36.6 Å². The molecule has 0 saturated heterocycles. The van der Waals surface area contributed by atoms with Crippen LogP contribution in [0.3, 0.4) is 0 Å². The minimum absolute atomic E-state index is 0.0712. The monoisotopic (exact) mass is 472 g/mol. The van der Waals surface area contributed by atoms with Crippen molar-refractivity contribution in [1.82, 2.24) is 24.7 Å². The van der Waals surface area contributed by atoms with Gasteiger partial charge in [0.05, 0.1) is 33.2 Å². The highest BCUT2D eigenvalue weighted by atomic mass is 35.5. The molecule has 0 aliphatic carbocycles. The Hall–Kier alpha value is -2.49. The third-order valence-electron chi connectivity index (χ3n) is 4.63. The first-order valence-corrected chi connectivity index (χ1v) is 12.0. The second-order valence-electron chi connectivity index (χ2n) is 6.96. The van der Waals surface area contributed by atoms with Gasteiger partial charge < -0.3 is 5.32 Å². The molecule has 0 fully saturated rings. The molecule has 0 aliphatic rings. The zero-order chi connectivity index (χ0) is 21.8. The summed E-state index contributed by atoms with van der Waals surface area (Å²) < 4.78 is 1.70. The number of nitrogens with zero attached hydrogens (tertiary/aromatic N) is 5. The van der Waals surface area contributed by atoms with E-state index in [-0.39, 0.29) is 11.2 Å². The summed E-state index contributed by atoms with van der Waals surface area (Å²) in [4.78, 5) is 26.2. The van der Waals surface area contributed by atoms with Crippen LogP contribution in [0.15, 0.2) is 47.2 Å². The predicted octanol–water partition coefficient (Wildman–Crippen LogP) is 5.52. The van der Waals surface area contributed by atoms with Crippen molar-refractivity contribution >= 4 is 56.8 Å². The Morgan fingerprint density at radius 3 is 2.90 bits per heavy atom. The molecular weight excluding hydrogens is 452 g/mol. The number of nitrogens with one attached hydrogen (secondary N) is 1. The molecule has 3 aromatic heterocycles. The molecule has 31 heavy (non-hydrogen) atoms. The van der Waals surface area contributed by atoms with Gasteiger partial charge in [-0.25, -0.2) is 19.6 Å². The van der Waals surface area contributed by atoms with E-state index in [2.05, 4.69) is 32.3 Å². The van der Waals surface area contributed by atoms with Gasteiger partial charge >= 0.3 is 0 Å². The average Bonchev–Trinajstić information content (AvgIpc) is 3.38. The van der Waals surface area contributed by atoms with E-state index < -0.39 is 0 Å². The number of rotatable bonds is 8. The summed E-state index contributed by atoms with van der Waals surface area (Å²) in [5.74, 6) is -0.0712. The van der Waals surface area contributed by atoms with Crippen molar-refractivity contribution in [2.75, 3.05) is 5.32 Å². The first-order chi connectivity index (χ1) is 15.1. The molecular formula is C21H21ClN6OS2. The van der Waals surface area contributed by atoms with Gasteiger partial charge in [0.1, 0.15) is 11.4 Å². The molecule has 10 heteroatoms. The summed E-state index contributed by atoms with van der Waals surface area (Å²) in [6, 6.07) is 7.47. The molecule has 1 N–H and O–H groups in total. The number of unbranched alkanes of at least 4 members (excludes halogenated alkanes) is 1. The van der Waals surface area contributed by atoms with Gasteiger partial charge in [0.15, 0.2) is 10.8 Å². The van der Waals surface area contributed by atoms with Gasteiger partial charge in [0, 0.05) is 5.38 Å². The molecule has 4 aromatic rings. The van der Waals surface area contributed by atoms with Crippen molar-refractivity contribution in [3.63, 3.8) is 0 Å². The molecule has 4 rings (SSSR count). The number of para-hydroxylation sites is 1. The highest BCUT2D eigenvalue weighted by Crippen LogP contribution is 2.32. The van der Waals surface area contributed by atoms with E-state index in [9.17, 15) is 4.79 Å². The Kier molecular flexibility index (Phi) is 6.84. The first kappa shape index (κ1) is 21.7. The minimum Gasteiger partial charge on any atom is -0.301 e. The van der Waals surface area contributed by atoms with E-state index in [0.29, 0.717) is 15.8 Å². The van der Waals surface area contributed by atoms with Crippen LogP contribution in [0.1, 0.15) is 31.9 Å². The third kappa shape index (κ3) is 4.89. The zero-order valence-corrected chi connectivity index (χ0v) is 19.5. The number of carbonyl (C=O) groups is 1. The molecule has 0 unspecified atom stereocenters.